The molecule has 9 rings (SSSR count). The van der Waals surface area contributed by atoms with Crippen molar-refractivity contribution in [3.05, 3.63) is 194 Å². The molecule has 1 nitrogen and oxygen atoms in total. The maximum atomic E-state index is 3.70. The van der Waals surface area contributed by atoms with Gasteiger partial charge in [0.1, 0.15) is 0 Å². The number of nitrogens with one attached hydrogen (secondary N) is 1. The van der Waals surface area contributed by atoms with Crippen LogP contribution < -0.4 is 5.32 Å². The van der Waals surface area contributed by atoms with Gasteiger partial charge in [-0.05, 0) is 99.1 Å². The predicted octanol–water partition coefficient (Wildman–Crippen LogP) is 14.4. The summed E-state index contributed by atoms with van der Waals surface area (Å²) in [4.78, 5) is 4.97. The largest absolute Gasteiger partial charge is 0.355 e. The van der Waals surface area contributed by atoms with Gasteiger partial charge in [0.15, 0.2) is 0 Å². The van der Waals surface area contributed by atoms with Gasteiger partial charge in [-0.2, -0.15) is 0 Å². The van der Waals surface area contributed by atoms with E-state index in [0.29, 0.717) is 0 Å². The number of benzene rings is 8. The average Bonchev–Trinajstić information content (AvgIpc) is 3.20. The van der Waals surface area contributed by atoms with Gasteiger partial charge in [0.05, 0.1) is 0 Å². The summed E-state index contributed by atoms with van der Waals surface area (Å²) in [5.41, 5.74) is 14.3. The number of hydrogen-bond donors (Lipinski definition) is 1. The summed E-state index contributed by atoms with van der Waals surface area (Å²) in [7, 11) is 0. The highest BCUT2D eigenvalue weighted by Gasteiger charge is 2.23. The molecule has 0 saturated carbocycles. The highest BCUT2D eigenvalue weighted by Crippen LogP contribution is 2.52. The summed E-state index contributed by atoms with van der Waals surface area (Å²) in [5.74, 6) is 0. The smallest absolute Gasteiger partial charge is 0.0464 e. The van der Waals surface area contributed by atoms with Crippen LogP contribution in [0.1, 0.15) is 0 Å². The molecule has 242 valence electrons. The Morgan fingerprint density at radius 3 is 1.51 bits per heavy atom. The summed E-state index contributed by atoms with van der Waals surface area (Å²) in [5, 5.41) is 3.70. The van der Waals surface area contributed by atoms with Gasteiger partial charge in [-0.15, -0.1) is 0 Å². The van der Waals surface area contributed by atoms with Crippen LogP contribution in [0.5, 0.6) is 0 Å². The molecule has 3 heteroatoms. The summed E-state index contributed by atoms with van der Waals surface area (Å²) < 4.78 is 0. The standard InChI is InChI=1S/C48H33NS2/c1-4-15-33(16-5-1)35-28-30-46-42(31-35)48-38(23-14-26-47(48)51-45-25-13-11-22-40(45)39-21-10-12-24-44(39)50-46)36-27-29-43(49-37-19-8-3-9-20-37)41(32-36)34-17-6-2-7-18-34/h1-32,49H. The van der Waals surface area contributed by atoms with Crippen molar-refractivity contribution in [2.45, 2.75) is 19.6 Å². The first-order chi connectivity index (χ1) is 25.3. The second-order valence-electron chi connectivity index (χ2n) is 12.6. The lowest BCUT2D eigenvalue weighted by atomic mass is 9.90. The number of hydrogen-bond acceptors (Lipinski definition) is 3. The molecule has 1 aliphatic rings. The lowest BCUT2D eigenvalue weighted by molar-refractivity contribution is 1.32. The minimum atomic E-state index is 1.06. The molecule has 0 unspecified atom stereocenters. The Morgan fingerprint density at radius 2 is 0.804 bits per heavy atom. The van der Waals surface area contributed by atoms with Crippen molar-refractivity contribution in [1.29, 1.82) is 0 Å². The molecule has 0 amide bonds. The van der Waals surface area contributed by atoms with Gasteiger partial charge in [-0.3, -0.25) is 0 Å². The van der Waals surface area contributed by atoms with Crippen molar-refractivity contribution < 1.29 is 0 Å². The fourth-order valence-corrected chi connectivity index (χ4v) is 9.13. The van der Waals surface area contributed by atoms with Gasteiger partial charge < -0.3 is 5.32 Å². The van der Waals surface area contributed by atoms with E-state index in [4.69, 9.17) is 0 Å². The van der Waals surface area contributed by atoms with Crippen molar-refractivity contribution in [2.75, 3.05) is 5.32 Å². The van der Waals surface area contributed by atoms with Gasteiger partial charge in [0.2, 0.25) is 0 Å². The van der Waals surface area contributed by atoms with Gasteiger partial charge in [-0.1, -0.05) is 163 Å². The van der Waals surface area contributed by atoms with Crippen LogP contribution >= 0.6 is 23.5 Å². The topological polar surface area (TPSA) is 12.0 Å². The molecule has 0 radical (unpaired) electrons. The predicted molar refractivity (Wildman–Crippen MR) is 218 cm³/mol. The second-order valence-corrected chi connectivity index (χ2v) is 14.7. The molecule has 8 aromatic carbocycles. The molecule has 0 aromatic heterocycles. The van der Waals surface area contributed by atoms with Crippen LogP contribution in [-0.4, -0.2) is 0 Å². The minimum absolute atomic E-state index is 1.06. The fraction of sp³-hybridized carbons (Fsp3) is 0. The third kappa shape index (κ3) is 6.27. The first-order valence-electron chi connectivity index (χ1n) is 17.2. The summed E-state index contributed by atoms with van der Waals surface area (Å²) in [6.07, 6.45) is 0. The summed E-state index contributed by atoms with van der Waals surface area (Å²) >= 11 is 3.72. The highest BCUT2D eigenvalue weighted by atomic mass is 32.2. The summed E-state index contributed by atoms with van der Waals surface area (Å²) in [6.45, 7) is 0. The fourth-order valence-electron chi connectivity index (χ4n) is 6.91. The maximum Gasteiger partial charge on any atom is 0.0464 e. The summed E-state index contributed by atoms with van der Waals surface area (Å²) in [6, 6.07) is 70.2. The van der Waals surface area contributed by atoms with Gasteiger partial charge in [0.25, 0.3) is 0 Å². The van der Waals surface area contributed by atoms with Crippen LogP contribution in [0.2, 0.25) is 0 Å². The molecule has 8 aromatic rings. The van der Waals surface area contributed by atoms with E-state index in [1.165, 1.54) is 69.7 Å². The number of para-hydroxylation sites is 1. The average molecular weight is 688 g/mol. The van der Waals surface area contributed by atoms with E-state index in [2.05, 4.69) is 193 Å². The lowest BCUT2D eigenvalue weighted by Gasteiger charge is -2.23. The van der Waals surface area contributed by atoms with Crippen LogP contribution in [-0.2, 0) is 0 Å². The van der Waals surface area contributed by atoms with Crippen LogP contribution in [0.25, 0.3) is 55.6 Å². The van der Waals surface area contributed by atoms with Gasteiger partial charge in [-0.25, -0.2) is 0 Å². The lowest BCUT2D eigenvalue weighted by Crippen LogP contribution is -1.97. The van der Waals surface area contributed by atoms with E-state index in [1.807, 2.05) is 29.6 Å². The minimum Gasteiger partial charge on any atom is -0.355 e. The number of rotatable bonds is 5. The Balaban J connectivity index is 1.30. The van der Waals surface area contributed by atoms with E-state index in [9.17, 15) is 0 Å². The molecule has 0 atom stereocenters. The first kappa shape index (κ1) is 31.3. The van der Waals surface area contributed by atoms with Gasteiger partial charge in [0, 0.05) is 42.1 Å². The molecular weight excluding hydrogens is 655 g/mol. The molecule has 1 aliphatic heterocycles. The van der Waals surface area contributed by atoms with E-state index in [1.54, 1.807) is 0 Å². The van der Waals surface area contributed by atoms with Crippen LogP contribution in [0.3, 0.4) is 0 Å². The van der Waals surface area contributed by atoms with Crippen molar-refractivity contribution in [2.24, 2.45) is 0 Å². The van der Waals surface area contributed by atoms with Crippen LogP contribution in [0.15, 0.2) is 214 Å². The zero-order chi connectivity index (χ0) is 34.0. The Bertz CT molecular complexity index is 2490. The monoisotopic (exact) mass is 687 g/mol. The van der Waals surface area contributed by atoms with E-state index < -0.39 is 0 Å². The first-order valence-corrected chi connectivity index (χ1v) is 18.8. The van der Waals surface area contributed by atoms with Crippen molar-refractivity contribution in [1.82, 2.24) is 0 Å². The van der Waals surface area contributed by atoms with E-state index >= 15 is 0 Å². The van der Waals surface area contributed by atoms with Crippen LogP contribution in [0.4, 0.5) is 11.4 Å². The molecule has 1 N–H and O–H groups in total. The molecule has 0 aliphatic carbocycles. The van der Waals surface area contributed by atoms with Crippen molar-refractivity contribution in [3.8, 4) is 55.6 Å². The second kappa shape index (κ2) is 13.9. The van der Waals surface area contributed by atoms with Gasteiger partial charge >= 0.3 is 0 Å². The number of fused-ring (bicyclic) bond motifs is 6. The molecule has 0 fully saturated rings. The third-order valence-corrected chi connectivity index (χ3v) is 11.6. The Morgan fingerprint density at radius 1 is 0.294 bits per heavy atom. The third-order valence-electron chi connectivity index (χ3n) is 9.35. The molecular formula is C48H33NS2. The zero-order valence-electron chi connectivity index (χ0n) is 27.8. The molecule has 0 saturated heterocycles. The molecule has 0 spiro atoms. The quantitative estimate of drug-likeness (QED) is 0.193. The Hall–Kier alpha value is -5.74. The van der Waals surface area contributed by atoms with Crippen LogP contribution in [0, 0.1) is 0 Å². The zero-order valence-corrected chi connectivity index (χ0v) is 29.4. The highest BCUT2D eigenvalue weighted by molar-refractivity contribution is 8.00. The number of anilines is 2. The van der Waals surface area contributed by atoms with E-state index in [-0.39, 0.29) is 0 Å². The van der Waals surface area contributed by atoms with E-state index in [0.717, 1.165) is 16.9 Å². The SMILES string of the molecule is c1ccc(Nc2ccc(-c3cccc4c3-c3cc(-c5ccccc5)ccc3Sc3ccccc3-c3ccccc3S4)cc2-c2ccccc2)cc1. The normalized spacial score (nSPS) is 11.8. The molecule has 1 heterocycles. The molecule has 51 heavy (non-hydrogen) atoms. The Labute approximate surface area is 308 Å². The maximum absolute atomic E-state index is 3.70. The molecule has 0 bridgehead atoms. The van der Waals surface area contributed by atoms with Crippen molar-refractivity contribution in [3.63, 3.8) is 0 Å². The Kier molecular flexibility index (Phi) is 8.50. The van der Waals surface area contributed by atoms with Crippen molar-refractivity contribution >= 4 is 34.9 Å².